The Labute approximate surface area is 184 Å². The van der Waals surface area contributed by atoms with Crippen LogP contribution in [0.1, 0.15) is 21.8 Å². The molecule has 11 heteroatoms. The Kier molecular flexibility index (Phi) is 5.99. The molecule has 0 unspecified atom stereocenters. The lowest BCUT2D eigenvalue weighted by Crippen LogP contribution is -2.02. The predicted octanol–water partition coefficient (Wildman–Crippen LogP) is 3.95. The van der Waals surface area contributed by atoms with E-state index < -0.39 is 10.5 Å². The standard InChI is InChI=1S/C21H15N3O7S/c1-12-8-20(26)30-18-9-15(6-7-16(12)18)29-10-19-22-23-21(31-19)32-11-17(25)13-2-4-14(5-3-13)24(27)28/h2-9H,10-11H2,1H3. The number of nitro groups is 1. The highest BCUT2D eigenvalue weighted by Crippen LogP contribution is 2.24. The number of thioether (sulfide) groups is 1. The van der Waals surface area contributed by atoms with Gasteiger partial charge in [-0.2, -0.15) is 0 Å². The van der Waals surface area contributed by atoms with Gasteiger partial charge in [0.05, 0.1) is 10.7 Å². The van der Waals surface area contributed by atoms with Crippen molar-refractivity contribution in [2.45, 2.75) is 18.8 Å². The van der Waals surface area contributed by atoms with Gasteiger partial charge in [0.2, 0.25) is 0 Å². The van der Waals surface area contributed by atoms with Gasteiger partial charge in [0.25, 0.3) is 16.8 Å². The van der Waals surface area contributed by atoms with Crippen LogP contribution in [-0.2, 0) is 6.61 Å². The highest BCUT2D eigenvalue weighted by Gasteiger charge is 2.13. The molecule has 0 bridgehead atoms. The molecule has 0 aliphatic heterocycles. The van der Waals surface area contributed by atoms with Crippen molar-refractivity contribution in [2.75, 3.05) is 5.75 Å². The molecule has 0 saturated heterocycles. The Morgan fingerprint density at radius 1 is 1.12 bits per heavy atom. The van der Waals surface area contributed by atoms with E-state index in [-0.39, 0.29) is 34.9 Å². The van der Waals surface area contributed by atoms with Gasteiger partial charge in [-0.25, -0.2) is 4.79 Å². The van der Waals surface area contributed by atoms with Gasteiger partial charge < -0.3 is 13.6 Å². The Balaban J connectivity index is 1.34. The van der Waals surface area contributed by atoms with Crippen molar-refractivity contribution < 1.29 is 23.3 Å². The molecule has 2 heterocycles. The molecule has 10 nitrogen and oxygen atoms in total. The maximum Gasteiger partial charge on any atom is 0.336 e. The maximum atomic E-state index is 12.2. The molecular formula is C21H15N3O7S. The second kappa shape index (κ2) is 9.02. The number of ketones is 1. The van der Waals surface area contributed by atoms with Crippen LogP contribution >= 0.6 is 11.8 Å². The normalized spacial score (nSPS) is 10.9. The summed E-state index contributed by atoms with van der Waals surface area (Å²) < 4.78 is 16.3. The summed E-state index contributed by atoms with van der Waals surface area (Å²) in [7, 11) is 0. The molecule has 2 aromatic carbocycles. The number of non-ortho nitro benzene ring substituents is 1. The monoisotopic (exact) mass is 453 g/mol. The number of hydrogen-bond donors (Lipinski definition) is 0. The molecule has 4 aromatic rings. The number of nitro benzene ring substituents is 1. The van der Waals surface area contributed by atoms with Gasteiger partial charge in [0, 0.05) is 35.2 Å². The fourth-order valence-corrected chi connectivity index (χ4v) is 3.55. The molecule has 0 fully saturated rings. The number of carbonyl (C=O) groups excluding carboxylic acids is 1. The number of benzene rings is 2. The van der Waals surface area contributed by atoms with Crippen LogP contribution in [0.5, 0.6) is 5.75 Å². The molecule has 0 saturated carbocycles. The van der Waals surface area contributed by atoms with Crippen LogP contribution in [0.25, 0.3) is 11.0 Å². The Morgan fingerprint density at radius 2 is 1.91 bits per heavy atom. The number of carbonyl (C=O) groups is 1. The summed E-state index contributed by atoms with van der Waals surface area (Å²) in [6.45, 7) is 1.81. The van der Waals surface area contributed by atoms with E-state index in [2.05, 4.69) is 10.2 Å². The van der Waals surface area contributed by atoms with E-state index in [0.717, 1.165) is 22.7 Å². The lowest BCUT2D eigenvalue weighted by molar-refractivity contribution is -0.384. The molecular weight excluding hydrogens is 438 g/mol. The van der Waals surface area contributed by atoms with Crippen molar-refractivity contribution in [3.63, 3.8) is 0 Å². The highest BCUT2D eigenvalue weighted by atomic mass is 32.2. The zero-order valence-electron chi connectivity index (χ0n) is 16.6. The maximum absolute atomic E-state index is 12.2. The topological polar surface area (TPSA) is 139 Å². The van der Waals surface area contributed by atoms with E-state index in [1.54, 1.807) is 18.2 Å². The third-order valence-corrected chi connectivity index (χ3v) is 5.28. The number of Topliss-reactive ketones (excluding diaryl/α,β-unsaturated/α-hetero) is 1. The molecule has 0 aliphatic carbocycles. The van der Waals surface area contributed by atoms with Crippen molar-refractivity contribution in [3.8, 4) is 5.75 Å². The molecule has 0 radical (unpaired) electrons. The lowest BCUT2D eigenvalue weighted by Gasteiger charge is -2.05. The van der Waals surface area contributed by atoms with Gasteiger partial charge in [-0.05, 0) is 36.8 Å². The molecule has 0 amide bonds. The zero-order chi connectivity index (χ0) is 22.7. The molecule has 0 spiro atoms. The van der Waals surface area contributed by atoms with Crippen LogP contribution < -0.4 is 10.4 Å². The number of fused-ring (bicyclic) bond motifs is 1. The van der Waals surface area contributed by atoms with Gasteiger partial charge in [0.1, 0.15) is 11.3 Å². The summed E-state index contributed by atoms with van der Waals surface area (Å²) in [6.07, 6.45) is 0. The van der Waals surface area contributed by atoms with Crippen molar-refractivity contribution in [2.24, 2.45) is 0 Å². The highest BCUT2D eigenvalue weighted by molar-refractivity contribution is 7.99. The number of aryl methyl sites for hydroxylation is 1. The first-order chi connectivity index (χ1) is 15.4. The fraction of sp³-hybridized carbons (Fsp3) is 0.143. The minimum atomic E-state index is -0.528. The SMILES string of the molecule is Cc1cc(=O)oc2cc(OCc3nnc(SCC(=O)c4ccc([N+](=O)[O-])cc4)o3)ccc12. The smallest absolute Gasteiger partial charge is 0.336 e. The van der Waals surface area contributed by atoms with E-state index in [1.807, 2.05) is 6.92 Å². The number of aromatic nitrogens is 2. The third kappa shape index (κ3) is 4.83. The number of ether oxygens (including phenoxy) is 1. The summed E-state index contributed by atoms with van der Waals surface area (Å²) >= 11 is 1.05. The predicted molar refractivity (Wildman–Crippen MR) is 114 cm³/mol. The third-order valence-electron chi connectivity index (χ3n) is 4.46. The van der Waals surface area contributed by atoms with E-state index in [4.69, 9.17) is 13.6 Å². The molecule has 4 rings (SSSR count). The summed E-state index contributed by atoms with van der Waals surface area (Å²) in [5.41, 5.74) is 1.06. The molecule has 162 valence electrons. The van der Waals surface area contributed by atoms with Crippen LogP contribution in [-0.4, -0.2) is 26.7 Å². The second-order valence-corrected chi connectivity index (χ2v) is 7.60. The van der Waals surface area contributed by atoms with Gasteiger partial charge in [-0.1, -0.05) is 11.8 Å². The van der Waals surface area contributed by atoms with Crippen molar-refractivity contribution in [3.05, 3.63) is 86.1 Å². The zero-order valence-corrected chi connectivity index (χ0v) is 17.5. The number of nitrogens with zero attached hydrogens (tertiary/aromatic N) is 3. The molecule has 0 aliphatic rings. The summed E-state index contributed by atoms with van der Waals surface area (Å²) in [5, 5.41) is 19.4. The lowest BCUT2D eigenvalue weighted by atomic mass is 10.1. The first-order valence-corrected chi connectivity index (χ1v) is 10.3. The van der Waals surface area contributed by atoms with E-state index in [1.165, 1.54) is 30.3 Å². The first kappa shape index (κ1) is 21.2. The average molecular weight is 453 g/mol. The first-order valence-electron chi connectivity index (χ1n) is 9.29. The van der Waals surface area contributed by atoms with Crippen LogP contribution in [0, 0.1) is 17.0 Å². The van der Waals surface area contributed by atoms with Crippen LogP contribution in [0.15, 0.2) is 67.4 Å². The van der Waals surface area contributed by atoms with Crippen LogP contribution in [0.3, 0.4) is 0 Å². The minimum Gasteiger partial charge on any atom is -0.484 e. The van der Waals surface area contributed by atoms with Gasteiger partial charge >= 0.3 is 5.63 Å². The Morgan fingerprint density at radius 3 is 2.66 bits per heavy atom. The molecule has 2 aromatic heterocycles. The van der Waals surface area contributed by atoms with E-state index >= 15 is 0 Å². The van der Waals surface area contributed by atoms with E-state index in [0.29, 0.717) is 16.9 Å². The molecule has 32 heavy (non-hydrogen) atoms. The summed E-state index contributed by atoms with van der Waals surface area (Å²) in [6, 6.07) is 11.9. The van der Waals surface area contributed by atoms with Gasteiger partial charge in [-0.3, -0.25) is 14.9 Å². The van der Waals surface area contributed by atoms with Gasteiger partial charge in [-0.15, -0.1) is 10.2 Å². The van der Waals surface area contributed by atoms with Crippen LogP contribution in [0.2, 0.25) is 0 Å². The van der Waals surface area contributed by atoms with Crippen molar-refractivity contribution >= 4 is 34.2 Å². The minimum absolute atomic E-state index is 0.00852. The largest absolute Gasteiger partial charge is 0.484 e. The van der Waals surface area contributed by atoms with Gasteiger partial charge in [0.15, 0.2) is 12.4 Å². The molecule has 0 N–H and O–H groups in total. The summed E-state index contributed by atoms with van der Waals surface area (Å²) in [4.78, 5) is 33.9. The second-order valence-electron chi connectivity index (χ2n) is 6.67. The van der Waals surface area contributed by atoms with Crippen molar-refractivity contribution in [1.82, 2.24) is 10.2 Å². The Hall–Kier alpha value is -3.99. The number of hydrogen-bond acceptors (Lipinski definition) is 10. The Bertz CT molecular complexity index is 1360. The van der Waals surface area contributed by atoms with Crippen LogP contribution in [0.4, 0.5) is 5.69 Å². The summed E-state index contributed by atoms with van der Waals surface area (Å²) in [5.74, 6) is 0.477. The fourth-order valence-electron chi connectivity index (χ4n) is 2.87. The average Bonchev–Trinajstić information content (AvgIpc) is 3.23. The molecule has 0 atom stereocenters. The quantitative estimate of drug-likeness (QED) is 0.127. The number of rotatable bonds is 8. The van der Waals surface area contributed by atoms with E-state index in [9.17, 15) is 19.7 Å². The van der Waals surface area contributed by atoms with Crippen molar-refractivity contribution in [1.29, 1.82) is 0 Å².